The Kier molecular flexibility index (Phi) is 5.23. The Bertz CT molecular complexity index is 1370. The van der Waals surface area contributed by atoms with Gasteiger partial charge in [0.05, 0.1) is 12.1 Å². The minimum absolute atomic E-state index is 0.167. The van der Waals surface area contributed by atoms with Gasteiger partial charge in [0.2, 0.25) is 0 Å². The molecule has 1 aliphatic heterocycles. The molecule has 35 heavy (non-hydrogen) atoms. The molecular weight excluding hydrogens is 469 g/mol. The minimum Gasteiger partial charge on any atom is -0.489 e. The molecule has 0 amide bonds. The van der Waals surface area contributed by atoms with Crippen molar-refractivity contribution in [3.8, 4) is 34.3 Å². The summed E-state index contributed by atoms with van der Waals surface area (Å²) in [6, 6.07) is 13.5. The Hall–Kier alpha value is -4.35. The maximum atomic E-state index is 13.0. The molecule has 12 heteroatoms. The van der Waals surface area contributed by atoms with E-state index in [1.54, 1.807) is 34.9 Å². The van der Waals surface area contributed by atoms with E-state index in [0.717, 1.165) is 12.1 Å². The number of ether oxygens (including phenoxy) is 2. The van der Waals surface area contributed by atoms with Crippen molar-refractivity contribution in [1.82, 2.24) is 14.7 Å². The quantitative estimate of drug-likeness (QED) is 0.267. The molecule has 0 spiro atoms. The zero-order valence-electron chi connectivity index (χ0n) is 18.2. The molecule has 180 valence electrons. The van der Waals surface area contributed by atoms with Gasteiger partial charge in [-0.05, 0) is 48.2 Å². The summed E-state index contributed by atoms with van der Waals surface area (Å²) in [5, 5.41) is 14.8. The average molecular weight is 486 g/mol. The van der Waals surface area contributed by atoms with E-state index in [1.807, 2.05) is 6.92 Å². The van der Waals surface area contributed by atoms with Crippen molar-refractivity contribution in [3.05, 3.63) is 76.5 Å². The third-order valence-electron chi connectivity index (χ3n) is 5.44. The number of nitro groups is 1. The number of halogens is 3. The van der Waals surface area contributed by atoms with Crippen molar-refractivity contribution in [2.75, 3.05) is 6.61 Å². The largest absolute Gasteiger partial charge is 0.489 e. The van der Waals surface area contributed by atoms with Crippen LogP contribution in [0.5, 0.6) is 11.8 Å². The monoisotopic (exact) mass is 486 g/mol. The van der Waals surface area contributed by atoms with Crippen LogP contribution in [-0.2, 0) is 12.7 Å². The number of fused-ring (bicyclic) bond motifs is 1. The summed E-state index contributed by atoms with van der Waals surface area (Å²) < 4.78 is 57.3. The average Bonchev–Trinajstić information content (AvgIpc) is 3.52. The summed E-state index contributed by atoms with van der Waals surface area (Å²) in [6.45, 7) is 2.33. The van der Waals surface area contributed by atoms with Crippen LogP contribution in [0.4, 0.5) is 19.0 Å². The van der Waals surface area contributed by atoms with Crippen molar-refractivity contribution in [1.29, 1.82) is 0 Å². The maximum absolute atomic E-state index is 13.0. The van der Waals surface area contributed by atoms with E-state index in [9.17, 15) is 23.3 Å². The Morgan fingerprint density at radius 2 is 1.94 bits per heavy atom. The molecule has 0 saturated carbocycles. The fraction of sp³-hybridized carbons (Fsp3) is 0.217. The zero-order valence-corrected chi connectivity index (χ0v) is 18.2. The Balaban J connectivity index is 1.23. The predicted octanol–water partition coefficient (Wildman–Crippen LogP) is 5.36. The van der Waals surface area contributed by atoms with Crippen molar-refractivity contribution >= 4 is 5.82 Å². The molecule has 0 radical (unpaired) electrons. The topological polar surface area (TPSA) is 105 Å². The molecule has 0 saturated heterocycles. The van der Waals surface area contributed by atoms with Gasteiger partial charge < -0.3 is 24.1 Å². The first kappa shape index (κ1) is 22.4. The van der Waals surface area contributed by atoms with E-state index in [1.165, 1.54) is 18.3 Å². The summed E-state index contributed by atoms with van der Waals surface area (Å²) >= 11 is 0. The van der Waals surface area contributed by atoms with Gasteiger partial charge in [-0.3, -0.25) is 4.57 Å². The van der Waals surface area contributed by atoms with Crippen molar-refractivity contribution in [2.24, 2.45) is 0 Å². The number of benzene rings is 2. The Labute approximate surface area is 195 Å². The third kappa shape index (κ3) is 4.54. The molecule has 1 atom stereocenters. The van der Waals surface area contributed by atoms with Crippen LogP contribution in [0.2, 0.25) is 0 Å². The number of imidazole rings is 1. The van der Waals surface area contributed by atoms with E-state index in [-0.39, 0.29) is 29.8 Å². The second-order valence-corrected chi connectivity index (χ2v) is 8.29. The lowest BCUT2D eigenvalue weighted by Gasteiger charge is -2.22. The highest BCUT2D eigenvalue weighted by Crippen LogP contribution is 2.34. The van der Waals surface area contributed by atoms with Crippen LogP contribution in [0.3, 0.4) is 0 Å². The van der Waals surface area contributed by atoms with Crippen LogP contribution < -0.4 is 9.47 Å². The smallest absolute Gasteiger partial charge is 0.416 e. The molecule has 0 aliphatic carbocycles. The summed E-state index contributed by atoms with van der Waals surface area (Å²) in [5.74, 6) is 0.494. The molecule has 2 aromatic carbocycles. The number of rotatable bonds is 6. The summed E-state index contributed by atoms with van der Waals surface area (Å²) in [6.07, 6.45) is -3.13. The summed E-state index contributed by atoms with van der Waals surface area (Å²) in [4.78, 5) is 14.1. The van der Waals surface area contributed by atoms with E-state index < -0.39 is 22.3 Å². The van der Waals surface area contributed by atoms with E-state index >= 15 is 0 Å². The SMILES string of the molecule is C[C@]1(COc2ccc(-c3cc(-c4cccc(C(F)(F)F)c4)on3)cc2)Cn2cc([N+](=O)[O-])nc2O1. The van der Waals surface area contributed by atoms with E-state index in [0.29, 0.717) is 23.6 Å². The molecule has 0 N–H and O–H groups in total. The number of alkyl halides is 3. The van der Waals surface area contributed by atoms with Crippen LogP contribution >= 0.6 is 0 Å². The summed E-state index contributed by atoms with van der Waals surface area (Å²) in [7, 11) is 0. The lowest BCUT2D eigenvalue weighted by Crippen LogP contribution is -2.38. The lowest BCUT2D eigenvalue weighted by molar-refractivity contribution is -0.389. The fourth-order valence-electron chi connectivity index (χ4n) is 3.71. The molecule has 1 aliphatic rings. The first-order valence-corrected chi connectivity index (χ1v) is 10.4. The highest BCUT2D eigenvalue weighted by Gasteiger charge is 2.41. The van der Waals surface area contributed by atoms with Crippen LogP contribution in [0, 0.1) is 10.1 Å². The van der Waals surface area contributed by atoms with Crippen LogP contribution in [0.15, 0.2) is 65.3 Å². The van der Waals surface area contributed by atoms with Gasteiger partial charge in [0.25, 0.3) is 0 Å². The molecule has 0 fully saturated rings. The van der Waals surface area contributed by atoms with Gasteiger partial charge in [-0.1, -0.05) is 17.3 Å². The van der Waals surface area contributed by atoms with Gasteiger partial charge in [-0.25, -0.2) is 0 Å². The van der Waals surface area contributed by atoms with Crippen molar-refractivity contribution < 1.29 is 32.1 Å². The number of hydrogen-bond donors (Lipinski definition) is 0. The molecule has 4 aromatic rings. The Morgan fingerprint density at radius 3 is 2.63 bits per heavy atom. The number of hydrogen-bond acceptors (Lipinski definition) is 7. The van der Waals surface area contributed by atoms with Crippen LogP contribution in [0.1, 0.15) is 12.5 Å². The number of aromatic nitrogens is 3. The van der Waals surface area contributed by atoms with Crippen LogP contribution in [-0.4, -0.2) is 31.8 Å². The maximum Gasteiger partial charge on any atom is 0.416 e. The third-order valence-corrected chi connectivity index (χ3v) is 5.44. The molecule has 5 rings (SSSR count). The fourth-order valence-corrected chi connectivity index (χ4v) is 3.71. The number of nitrogens with zero attached hydrogens (tertiary/aromatic N) is 4. The van der Waals surface area contributed by atoms with Crippen molar-refractivity contribution in [3.63, 3.8) is 0 Å². The second kappa shape index (κ2) is 8.15. The first-order valence-electron chi connectivity index (χ1n) is 10.4. The van der Waals surface area contributed by atoms with E-state index in [2.05, 4.69) is 10.1 Å². The van der Waals surface area contributed by atoms with Gasteiger partial charge in [0, 0.05) is 22.2 Å². The van der Waals surface area contributed by atoms with Crippen LogP contribution in [0.25, 0.3) is 22.6 Å². The van der Waals surface area contributed by atoms with Gasteiger partial charge >= 0.3 is 18.0 Å². The first-order chi connectivity index (χ1) is 16.6. The molecule has 3 heterocycles. The van der Waals surface area contributed by atoms with Gasteiger partial charge in [0.15, 0.2) is 11.4 Å². The highest BCUT2D eigenvalue weighted by molar-refractivity contribution is 5.67. The van der Waals surface area contributed by atoms with Gasteiger partial charge in [-0.15, -0.1) is 0 Å². The standard InChI is InChI=1S/C23H17F3N4O5/c1-22(12-29-11-20(30(31)32)27-21(29)34-22)13-33-17-7-5-14(6-8-17)18-10-19(35-28-18)15-3-2-4-16(9-15)23(24,25)26/h2-11H,12-13H2,1H3/t22-/m1/s1. The second-order valence-electron chi connectivity index (χ2n) is 8.29. The van der Waals surface area contributed by atoms with E-state index in [4.69, 9.17) is 14.0 Å². The highest BCUT2D eigenvalue weighted by atomic mass is 19.4. The molecule has 9 nitrogen and oxygen atoms in total. The summed E-state index contributed by atoms with van der Waals surface area (Å²) in [5.41, 5.74) is -0.0934. The Morgan fingerprint density at radius 1 is 1.17 bits per heavy atom. The molecule has 0 bridgehead atoms. The zero-order chi connectivity index (χ0) is 24.8. The van der Waals surface area contributed by atoms with Gasteiger partial charge in [0.1, 0.15) is 24.2 Å². The normalized spacial score (nSPS) is 17.1. The molecule has 2 aromatic heterocycles. The lowest BCUT2D eigenvalue weighted by atomic mass is 10.1. The molecular formula is C23H17F3N4O5. The van der Waals surface area contributed by atoms with Crippen molar-refractivity contribution in [2.45, 2.75) is 25.2 Å². The van der Waals surface area contributed by atoms with Gasteiger partial charge in [-0.2, -0.15) is 13.2 Å². The molecule has 0 unspecified atom stereocenters. The predicted molar refractivity (Wildman–Crippen MR) is 116 cm³/mol. The minimum atomic E-state index is -4.45.